The van der Waals surface area contributed by atoms with E-state index in [0.29, 0.717) is 6.54 Å². The number of fused-ring (bicyclic) bond motifs is 1. The van der Waals surface area contributed by atoms with Crippen LogP contribution in [0.2, 0.25) is 0 Å². The Kier molecular flexibility index (Phi) is 5.83. The number of aryl methyl sites for hydroxylation is 2. The molecule has 29 heavy (non-hydrogen) atoms. The van der Waals surface area contributed by atoms with Gasteiger partial charge in [-0.15, -0.1) is 0 Å². The van der Waals surface area contributed by atoms with Crippen LogP contribution >= 0.6 is 0 Å². The van der Waals surface area contributed by atoms with Crippen molar-refractivity contribution in [1.29, 1.82) is 0 Å². The quantitative estimate of drug-likeness (QED) is 0.668. The van der Waals surface area contributed by atoms with Crippen LogP contribution in [0.4, 0.5) is 0 Å². The average Bonchev–Trinajstić information content (AvgIpc) is 2.68. The highest BCUT2D eigenvalue weighted by Gasteiger charge is 2.12. The third kappa shape index (κ3) is 4.71. The van der Waals surface area contributed by atoms with Crippen LogP contribution in [0.1, 0.15) is 41.2 Å². The van der Waals surface area contributed by atoms with Crippen LogP contribution in [0.25, 0.3) is 10.9 Å². The number of rotatable bonds is 6. The Morgan fingerprint density at radius 3 is 2.34 bits per heavy atom. The van der Waals surface area contributed by atoms with Crippen molar-refractivity contribution in [3.8, 4) is 0 Å². The highest BCUT2D eigenvalue weighted by molar-refractivity contribution is 7.89. The van der Waals surface area contributed by atoms with Gasteiger partial charge in [0.2, 0.25) is 10.0 Å². The van der Waals surface area contributed by atoms with Crippen LogP contribution in [0.3, 0.4) is 0 Å². The number of nitrogens with one attached hydrogen (secondary N) is 1. The van der Waals surface area contributed by atoms with E-state index in [1.54, 1.807) is 34.9 Å². The van der Waals surface area contributed by atoms with Crippen molar-refractivity contribution < 1.29 is 13.2 Å². The molecular weight excluding hydrogens is 390 g/mol. The first-order chi connectivity index (χ1) is 13.7. The monoisotopic (exact) mass is 413 g/mol. The largest absolute Gasteiger partial charge is 0.304 e. The summed E-state index contributed by atoms with van der Waals surface area (Å²) in [5, 5.41) is 0.952. The van der Waals surface area contributed by atoms with Crippen molar-refractivity contribution >= 4 is 26.8 Å². The third-order valence-corrected chi connectivity index (χ3v) is 5.21. The number of nitrogens with zero attached hydrogens (tertiary/aromatic N) is 2. The molecule has 1 amide bonds. The first-order valence-corrected chi connectivity index (χ1v) is 11.2. The summed E-state index contributed by atoms with van der Waals surface area (Å²) in [5.41, 5.74) is 3.66. The van der Waals surface area contributed by atoms with Crippen molar-refractivity contribution in [3.63, 3.8) is 0 Å². The second-order valence-corrected chi connectivity index (χ2v) is 8.61. The number of hydrogen-bond donors (Lipinski definition) is 1. The van der Waals surface area contributed by atoms with E-state index >= 15 is 0 Å². The molecule has 0 aliphatic carbocycles. The highest BCUT2D eigenvalue weighted by atomic mass is 32.2. The van der Waals surface area contributed by atoms with Gasteiger partial charge in [-0.1, -0.05) is 26.0 Å². The van der Waals surface area contributed by atoms with E-state index in [0.717, 1.165) is 47.0 Å². The minimum atomic E-state index is -3.62. The first-order valence-electron chi connectivity index (χ1n) is 9.35. The van der Waals surface area contributed by atoms with Crippen molar-refractivity contribution in [2.24, 2.45) is 0 Å². The molecule has 0 bridgehead atoms. The molecule has 0 spiro atoms. The number of hydrogen-bond acceptors (Lipinski definition) is 5. The van der Waals surface area contributed by atoms with Crippen molar-refractivity contribution in [1.82, 2.24) is 14.3 Å². The van der Waals surface area contributed by atoms with Gasteiger partial charge in [0.25, 0.3) is 11.5 Å². The lowest BCUT2D eigenvalue weighted by molar-refractivity contribution is 0.0981. The van der Waals surface area contributed by atoms with Crippen LogP contribution in [0.5, 0.6) is 0 Å². The minimum Gasteiger partial charge on any atom is -0.304 e. The van der Waals surface area contributed by atoms with Crippen molar-refractivity contribution in [2.45, 2.75) is 33.2 Å². The summed E-state index contributed by atoms with van der Waals surface area (Å²) >= 11 is 0. The van der Waals surface area contributed by atoms with Crippen LogP contribution in [0, 0.1) is 0 Å². The molecule has 7 nitrogen and oxygen atoms in total. The topological polar surface area (TPSA) is 98.1 Å². The van der Waals surface area contributed by atoms with E-state index in [1.807, 2.05) is 30.7 Å². The molecule has 1 N–H and O–H groups in total. The summed E-state index contributed by atoms with van der Waals surface area (Å²) in [6, 6.07) is 11.8. The Bertz CT molecular complexity index is 1230. The van der Waals surface area contributed by atoms with E-state index < -0.39 is 15.9 Å². The van der Waals surface area contributed by atoms with Gasteiger partial charge in [0.05, 0.1) is 18.3 Å². The predicted octanol–water partition coefficient (Wildman–Crippen LogP) is 2.26. The van der Waals surface area contributed by atoms with Crippen LogP contribution < -0.4 is 10.3 Å². The lowest BCUT2D eigenvalue weighted by Gasteiger charge is -2.14. The second kappa shape index (κ2) is 8.16. The number of benzene rings is 1. The number of aromatic nitrogens is 2. The first kappa shape index (κ1) is 20.7. The molecule has 0 unspecified atom stereocenters. The van der Waals surface area contributed by atoms with Gasteiger partial charge in [0.15, 0.2) is 0 Å². The van der Waals surface area contributed by atoms with E-state index in [1.165, 1.54) is 0 Å². The minimum absolute atomic E-state index is 0.119. The molecule has 152 valence electrons. The summed E-state index contributed by atoms with van der Waals surface area (Å²) in [6.45, 7) is 4.40. The lowest BCUT2D eigenvalue weighted by Crippen LogP contribution is -2.29. The fraction of sp³-hybridized carbons (Fsp3) is 0.286. The van der Waals surface area contributed by atoms with E-state index in [4.69, 9.17) is 0 Å². The van der Waals surface area contributed by atoms with Gasteiger partial charge in [-0.2, -0.15) is 0 Å². The maximum atomic E-state index is 12.6. The molecular formula is C21H23N3O4S. The van der Waals surface area contributed by atoms with Crippen LogP contribution in [-0.2, 0) is 29.4 Å². The molecule has 2 aromatic heterocycles. The molecule has 2 heterocycles. The Hall–Kier alpha value is -3.00. The molecule has 0 saturated heterocycles. The summed E-state index contributed by atoms with van der Waals surface area (Å²) in [4.78, 5) is 29.2. The predicted molar refractivity (Wildman–Crippen MR) is 113 cm³/mol. The van der Waals surface area contributed by atoms with Gasteiger partial charge >= 0.3 is 0 Å². The molecule has 0 fully saturated rings. The SMILES string of the molecule is CCc1cc2c(ccc(=O)n2Cc2ccc(C(=O)NS(C)(=O)=O)cc2)c(CC)n1. The smallest absolute Gasteiger partial charge is 0.264 e. The van der Waals surface area contributed by atoms with Crippen molar-refractivity contribution in [3.05, 3.63) is 75.3 Å². The van der Waals surface area contributed by atoms with Gasteiger partial charge in [-0.05, 0) is 42.7 Å². The van der Waals surface area contributed by atoms with Crippen LogP contribution in [0.15, 0.2) is 47.3 Å². The fourth-order valence-electron chi connectivity index (χ4n) is 3.20. The summed E-state index contributed by atoms with van der Waals surface area (Å²) in [7, 11) is -3.62. The van der Waals surface area contributed by atoms with Gasteiger partial charge in [-0.3, -0.25) is 14.6 Å². The number of sulfonamides is 1. The van der Waals surface area contributed by atoms with E-state index in [-0.39, 0.29) is 11.1 Å². The molecule has 0 radical (unpaired) electrons. The number of carbonyl (C=O) groups is 1. The summed E-state index contributed by atoms with van der Waals surface area (Å²) < 4.78 is 26.1. The number of pyridine rings is 2. The Morgan fingerprint density at radius 2 is 1.76 bits per heavy atom. The van der Waals surface area contributed by atoms with Gasteiger partial charge in [0, 0.05) is 28.4 Å². The lowest BCUT2D eigenvalue weighted by atomic mass is 10.1. The zero-order chi connectivity index (χ0) is 21.2. The van der Waals surface area contributed by atoms with E-state index in [2.05, 4.69) is 4.98 Å². The molecule has 0 saturated carbocycles. The molecule has 3 aromatic rings. The van der Waals surface area contributed by atoms with E-state index in [9.17, 15) is 18.0 Å². The molecule has 0 aliphatic rings. The second-order valence-electron chi connectivity index (χ2n) is 6.86. The maximum absolute atomic E-state index is 12.6. The van der Waals surface area contributed by atoms with Gasteiger partial charge in [0.1, 0.15) is 0 Å². The number of carbonyl (C=O) groups excluding carboxylic acids is 1. The zero-order valence-electron chi connectivity index (χ0n) is 16.6. The normalized spacial score (nSPS) is 11.6. The average molecular weight is 413 g/mol. The molecule has 0 atom stereocenters. The summed E-state index contributed by atoms with van der Waals surface area (Å²) in [5.74, 6) is -0.687. The van der Waals surface area contributed by atoms with Crippen molar-refractivity contribution in [2.75, 3.05) is 6.26 Å². The van der Waals surface area contributed by atoms with Gasteiger partial charge < -0.3 is 4.57 Å². The Labute approximate surface area is 169 Å². The third-order valence-electron chi connectivity index (χ3n) is 4.65. The standard InChI is InChI=1S/C21H23N3O4S/c1-4-16-12-19-17(18(5-2)22-16)10-11-20(25)24(19)13-14-6-8-15(9-7-14)21(26)23-29(3,27)28/h6-12H,4-5,13H2,1-3H3,(H,23,26). The van der Waals surface area contributed by atoms with Gasteiger partial charge in [-0.25, -0.2) is 13.1 Å². The molecule has 0 aliphatic heterocycles. The fourth-order valence-corrected chi connectivity index (χ4v) is 3.66. The molecule has 1 aromatic carbocycles. The maximum Gasteiger partial charge on any atom is 0.264 e. The summed E-state index contributed by atoms with van der Waals surface area (Å²) in [6.07, 6.45) is 2.47. The molecule has 8 heteroatoms. The highest BCUT2D eigenvalue weighted by Crippen LogP contribution is 2.19. The van der Waals surface area contributed by atoms with Crippen LogP contribution in [-0.4, -0.2) is 30.1 Å². The number of amides is 1. The Morgan fingerprint density at radius 1 is 1.07 bits per heavy atom. The molecule has 3 rings (SSSR count). The zero-order valence-corrected chi connectivity index (χ0v) is 17.4. The Balaban J connectivity index is 1.99.